The van der Waals surface area contributed by atoms with E-state index < -0.39 is 0 Å². The lowest BCUT2D eigenvalue weighted by molar-refractivity contribution is 0.0273. The minimum absolute atomic E-state index is 0.112. The lowest BCUT2D eigenvalue weighted by Gasteiger charge is -2.16. The predicted molar refractivity (Wildman–Crippen MR) is 88.9 cm³/mol. The van der Waals surface area contributed by atoms with Gasteiger partial charge in [-0.05, 0) is 35.4 Å². The number of methoxy groups -OCH3 is 2. The van der Waals surface area contributed by atoms with Crippen molar-refractivity contribution >= 4 is 23.2 Å². The van der Waals surface area contributed by atoms with E-state index in [-0.39, 0.29) is 6.10 Å². The van der Waals surface area contributed by atoms with Gasteiger partial charge in [0.25, 0.3) is 0 Å². The summed E-state index contributed by atoms with van der Waals surface area (Å²) in [5.74, 6) is 0.765. The van der Waals surface area contributed by atoms with Crippen molar-refractivity contribution in [2.75, 3.05) is 20.8 Å². The van der Waals surface area contributed by atoms with E-state index in [0.717, 1.165) is 16.9 Å². The fourth-order valence-corrected chi connectivity index (χ4v) is 2.37. The fourth-order valence-electron chi connectivity index (χ4n) is 2.05. The van der Waals surface area contributed by atoms with Crippen LogP contribution in [0.2, 0.25) is 10.0 Å². The zero-order valence-corrected chi connectivity index (χ0v) is 14.0. The lowest BCUT2D eigenvalue weighted by atomic mass is 10.1. The van der Waals surface area contributed by atoms with Gasteiger partial charge < -0.3 is 14.2 Å². The summed E-state index contributed by atoms with van der Waals surface area (Å²) < 4.78 is 16.4. The number of hydrogen-bond acceptors (Lipinski definition) is 3. The van der Waals surface area contributed by atoms with Crippen LogP contribution in [0.15, 0.2) is 42.5 Å². The van der Waals surface area contributed by atoms with E-state index >= 15 is 0 Å². The van der Waals surface area contributed by atoms with E-state index in [0.29, 0.717) is 23.3 Å². The minimum Gasteiger partial charge on any atom is -0.489 e. The maximum absolute atomic E-state index is 6.00. The van der Waals surface area contributed by atoms with Crippen LogP contribution < -0.4 is 4.74 Å². The van der Waals surface area contributed by atoms with E-state index in [4.69, 9.17) is 37.4 Å². The highest BCUT2D eigenvalue weighted by molar-refractivity contribution is 6.42. The zero-order valence-electron chi connectivity index (χ0n) is 12.5. The Hall–Kier alpha value is -1.26. The second-order valence-electron chi connectivity index (χ2n) is 4.79. The summed E-state index contributed by atoms with van der Waals surface area (Å²) in [4.78, 5) is 0. The molecule has 0 aliphatic carbocycles. The van der Waals surface area contributed by atoms with Gasteiger partial charge in [0.15, 0.2) is 0 Å². The summed E-state index contributed by atoms with van der Waals surface area (Å²) in [6, 6.07) is 13.2. The maximum atomic E-state index is 6.00. The Labute approximate surface area is 140 Å². The van der Waals surface area contributed by atoms with Gasteiger partial charge in [-0.1, -0.05) is 41.4 Å². The molecule has 22 heavy (non-hydrogen) atoms. The Morgan fingerprint density at radius 3 is 2.50 bits per heavy atom. The van der Waals surface area contributed by atoms with E-state index in [2.05, 4.69) is 0 Å². The molecule has 0 spiro atoms. The van der Waals surface area contributed by atoms with Crippen molar-refractivity contribution in [3.8, 4) is 5.75 Å². The molecule has 0 bridgehead atoms. The van der Waals surface area contributed by atoms with Gasteiger partial charge in [0.2, 0.25) is 0 Å². The standard InChI is InChI=1S/C17H18Cl2O3/c1-20-11-17(21-2)13-4-3-5-14(9-13)22-10-12-6-7-15(18)16(19)8-12/h3-9,17H,10-11H2,1-2H3/t17-/m1/s1. The van der Waals surface area contributed by atoms with Crippen molar-refractivity contribution in [2.24, 2.45) is 0 Å². The predicted octanol–water partition coefficient (Wildman–Crippen LogP) is 4.91. The molecule has 0 fully saturated rings. The van der Waals surface area contributed by atoms with E-state index in [1.807, 2.05) is 30.3 Å². The van der Waals surface area contributed by atoms with E-state index in [9.17, 15) is 0 Å². The number of ether oxygens (including phenoxy) is 3. The average molecular weight is 341 g/mol. The van der Waals surface area contributed by atoms with Gasteiger partial charge in [-0.25, -0.2) is 0 Å². The quantitative estimate of drug-likeness (QED) is 0.716. The number of benzene rings is 2. The van der Waals surface area contributed by atoms with Gasteiger partial charge in [0.1, 0.15) is 18.5 Å². The molecule has 0 N–H and O–H groups in total. The lowest BCUT2D eigenvalue weighted by Crippen LogP contribution is -2.08. The van der Waals surface area contributed by atoms with Crippen molar-refractivity contribution < 1.29 is 14.2 Å². The fraction of sp³-hybridized carbons (Fsp3) is 0.294. The molecule has 0 aromatic heterocycles. The largest absolute Gasteiger partial charge is 0.489 e. The molecule has 118 valence electrons. The highest BCUT2D eigenvalue weighted by atomic mass is 35.5. The van der Waals surface area contributed by atoms with Crippen LogP contribution in [0.5, 0.6) is 5.75 Å². The molecule has 0 saturated heterocycles. The summed E-state index contributed by atoms with van der Waals surface area (Å²) >= 11 is 11.9. The zero-order chi connectivity index (χ0) is 15.9. The molecule has 0 aliphatic rings. The molecule has 0 saturated carbocycles. The van der Waals surface area contributed by atoms with E-state index in [1.54, 1.807) is 26.4 Å². The summed E-state index contributed by atoms with van der Waals surface area (Å²) in [6.45, 7) is 0.912. The smallest absolute Gasteiger partial charge is 0.120 e. The van der Waals surface area contributed by atoms with Crippen LogP contribution in [-0.4, -0.2) is 20.8 Å². The van der Waals surface area contributed by atoms with Crippen LogP contribution in [-0.2, 0) is 16.1 Å². The third-order valence-electron chi connectivity index (χ3n) is 3.22. The molecule has 0 unspecified atom stereocenters. The SMILES string of the molecule is COC[C@@H](OC)c1cccc(OCc2ccc(Cl)c(Cl)c2)c1. The molecule has 2 aromatic carbocycles. The molecule has 0 heterocycles. The summed E-state index contributed by atoms with van der Waals surface area (Å²) in [5.41, 5.74) is 1.97. The monoisotopic (exact) mass is 340 g/mol. The molecule has 3 nitrogen and oxygen atoms in total. The van der Waals surface area contributed by atoms with Gasteiger partial charge in [-0.3, -0.25) is 0 Å². The van der Waals surface area contributed by atoms with Crippen LogP contribution in [0.3, 0.4) is 0 Å². The third-order valence-corrected chi connectivity index (χ3v) is 3.96. The van der Waals surface area contributed by atoms with Gasteiger partial charge in [-0.15, -0.1) is 0 Å². The molecular weight excluding hydrogens is 323 g/mol. The Morgan fingerprint density at radius 2 is 1.82 bits per heavy atom. The summed E-state index contributed by atoms with van der Waals surface area (Å²) in [7, 11) is 3.31. The first-order chi connectivity index (χ1) is 10.6. The second kappa shape index (κ2) is 8.39. The van der Waals surface area contributed by atoms with Crippen LogP contribution in [0.4, 0.5) is 0 Å². The molecule has 1 atom stereocenters. The topological polar surface area (TPSA) is 27.7 Å². The Kier molecular flexibility index (Phi) is 6.52. The first-order valence-corrected chi connectivity index (χ1v) is 7.58. The van der Waals surface area contributed by atoms with Crippen LogP contribution in [0.1, 0.15) is 17.2 Å². The van der Waals surface area contributed by atoms with Crippen molar-refractivity contribution in [3.63, 3.8) is 0 Å². The summed E-state index contributed by atoms with van der Waals surface area (Å²) in [6.07, 6.45) is -0.112. The van der Waals surface area contributed by atoms with Crippen molar-refractivity contribution in [1.82, 2.24) is 0 Å². The normalized spacial score (nSPS) is 12.2. The molecule has 0 amide bonds. The van der Waals surface area contributed by atoms with Crippen molar-refractivity contribution in [1.29, 1.82) is 0 Å². The molecule has 5 heteroatoms. The first-order valence-electron chi connectivity index (χ1n) is 6.82. The van der Waals surface area contributed by atoms with Gasteiger partial charge >= 0.3 is 0 Å². The van der Waals surface area contributed by atoms with Gasteiger partial charge in [0.05, 0.1) is 16.7 Å². The van der Waals surface area contributed by atoms with Crippen molar-refractivity contribution in [2.45, 2.75) is 12.7 Å². The number of rotatable bonds is 7. The number of hydrogen-bond donors (Lipinski definition) is 0. The highest BCUT2D eigenvalue weighted by Gasteiger charge is 2.11. The molecule has 2 aromatic rings. The Bertz CT molecular complexity index is 617. The van der Waals surface area contributed by atoms with E-state index in [1.165, 1.54) is 0 Å². The van der Waals surface area contributed by atoms with Gasteiger partial charge in [0, 0.05) is 14.2 Å². The molecule has 0 aliphatic heterocycles. The van der Waals surface area contributed by atoms with Crippen LogP contribution in [0, 0.1) is 0 Å². The second-order valence-corrected chi connectivity index (χ2v) is 5.60. The summed E-state index contributed by atoms with van der Waals surface area (Å²) in [5, 5.41) is 1.06. The first kappa shape index (κ1) is 17.1. The molecular formula is C17H18Cl2O3. The van der Waals surface area contributed by atoms with Crippen molar-refractivity contribution in [3.05, 3.63) is 63.6 Å². The highest BCUT2D eigenvalue weighted by Crippen LogP contribution is 2.25. The Balaban J connectivity index is 2.05. The molecule has 2 rings (SSSR count). The van der Waals surface area contributed by atoms with Gasteiger partial charge in [-0.2, -0.15) is 0 Å². The number of halogens is 2. The maximum Gasteiger partial charge on any atom is 0.120 e. The van der Waals surface area contributed by atoms with Crippen LogP contribution in [0.25, 0.3) is 0 Å². The minimum atomic E-state index is -0.112. The average Bonchev–Trinajstić information content (AvgIpc) is 2.54. The molecule has 0 radical (unpaired) electrons. The Morgan fingerprint density at radius 1 is 1.00 bits per heavy atom. The van der Waals surface area contributed by atoms with Crippen LogP contribution >= 0.6 is 23.2 Å². The third kappa shape index (κ3) is 4.62.